The van der Waals surface area contributed by atoms with Crippen LogP contribution in [0.5, 0.6) is 0 Å². The van der Waals surface area contributed by atoms with Crippen LogP contribution < -0.4 is 4.98 Å². The highest BCUT2D eigenvalue weighted by molar-refractivity contribution is 7.28. The molecule has 0 aromatic rings. The fraction of sp³-hybridized carbons (Fsp3) is 1.00. The Morgan fingerprint density at radius 1 is 1.40 bits per heavy atom. The summed E-state index contributed by atoms with van der Waals surface area (Å²) in [7, 11) is -0.183. The second-order valence-corrected chi connectivity index (χ2v) is 16.7. The molecule has 0 saturated heterocycles. The highest BCUT2D eigenvalue weighted by Crippen LogP contribution is 2.03. The maximum atomic E-state index is 5.44. The molecule has 0 aliphatic carbocycles. The van der Waals surface area contributed by atoms with Gasteiger partial charge in [0, 0.05) is 7.11 Å². The van der Waals surface area contributed by atoms with Gasteiger partial charge in [-0.05, 0) is 6.54 Å². The Kier molecular flexibility index (Phi) is 4.43. The van der Waals surface area contributed by atoms with Crippen molar-refractivity contribution in [2.45, 2.75) is 26.6 Å². The molecule has 0 aromatic heterocycles. The van der Waals surface area contributed by atoms with Gasteiger partial charge in [0.1, 0.15) is 0 Å². The topological polar surface area (TPSA) is 21.3 Å². The molecule has 1 N–H and O–H groups in total. The first-order valence-electron chi connectivity index (χ1n) is 3.78. The van der Waals surface area contributed by atoms with E-state index in [1.807, 2.05) is 7.11 Å². The van der Waals surface area contributed by atoms with Crippen LogP contribution in [0.3, 0.4) is 0 Å². The molecule has 0 saturated carbocycles. The van der Waals surface area contributed by atoms with Crippen molar-refractivity contribution in [3.05, 3.63) is 0 Å². The molecule has 4 heteroatoms. The monoisotopic (exact) mass is 177 g/mol. The van der Waals surface area contributed by atoms with Gasteiger partial charge in [0.05, 0.1) is 7.59 Å². The molecule has 0 fully saturated rings. The first-order chi connectivity index (χ1) is 4.52. The second-order valence-electron chi connectivity index (χ2n) is 3.54. The number of hydrogen-bond acceptors (Lipinski definition) is 2. The molecule has 0 amide bonds. The molecule has 1 atom stereocenters. The highest BCUT2D eigenvalue weighted by atomic mass is 29.2. The zero-order valence-electron chi connectivity index (χ0n) is 7.69. The molecule has 0 rings (SSSR count). The van der Waals surface area contributed by atoms with Crippen LogP contribution in [0, 0.1) is 0 Å². The molecular weight excluding hydrogens is 158 g/mol. The van der Waals surface area contributed by atoms with Gasteiger partial charge in [0.2, 0.25) is 8.72 Å². The van der Waals surface area contributed by atoms with E-state index in [9.17, 15) is 0 Å². The molecule has 10 heavy (non-hydrogen) atoms. The van der Waals surface area contributed by atoms with Crippen LogP contribution in [0.4, 0.5) is 0 Å². The van der Waals surface area contributed by atoms with E-state index in [0.717, 1.165) is 6.54 Å². The van der Waals surface area contributed by atoms with Gasteiger partial charge in [0.25, 0.3) is 0 Å². The summed E-state index contributed by atoms with van der Waals surface area (Å²) in [5.41, 5.74) is 0. The van der Waals surface area contributed by atoms with E-state index in [1.54, 1.807) is 0 Å². The number of nitrogens with one attached hydrogen (secondary N) is 1. The fourth-order valence-corrected chi connectivity index (χ4v) is 7.36. The van der Waals surface area contributed by atoms with Crippen molar-refractivity contribution in [2.75, 3.05) is 13.7 Å². The van der Waals surface area contributed by atoms with Gasteiger partial charge in [-0.1, -0.05) is 26.6 Å². The third kappa shape index (κ3) is 3.50. The Bertz CT molecular complexity index is 92.2. The van der Waals surface area contributed by atoms with Crippen molar-refractivity contribution in [1.29, 1.82) is 0 Å². The van der Waals surface area contributed by atoms with Crippen LogP contribution in [0.25, 0.3) is 0 Å². The Labute approximate surface area is 66.6 Å². The predicted molar refractivity (Wildman–Crippen MR) is 51.2 cm³/mol. The summed E-state index contributed by atoms with van der Waals surface area (Å²) in [6.07, 6.45) is 0. The van der Waals surface area contributed by atoms with Gasteiger partial charge in [-0.2, -0.15) is 0 Å². The van der Waals surface area contributed by atoms with Gasteiger partial charge < -0.3 is 9.41 Å². The van der Waals surface area contributed by atoms with Crippen molar-refractivity contribution >= 4 is 16.3 Å². The van der Waals surface area contributed by atoms with Crippen LogP contribution in [0.2, 0.25) is 19.6 Å². The smallest absolute Gasteiger partial charge is 0.234 e. The molecule has 0 aromatic carbocycles. The van der Waals surface area contributed by atoms with E-state index in [4.69, 9.17) is 4.43 Å². The molecule has 0 aliphatic rings. The number of rotatable bonds is 4. The predicted octanol–water partition coefficient (Wildman–Crippen LogP) is 0.879. The summed E-state index contributed by atoms with van der Waals surface area (Å²) in [5, 5.41) is 0. The quantitative estimate of drug-likeness (QED) is 0.644. The largest absolute Gasteiger partial charge is 0.412 e. The zero-order valence-corrected chi connectivity index (χ0v) is 9.85. The average molecular weight is 177 g/mol. The van der Waals surface area contributed by atoms with Crippen molar-refractivity contribution < 1.29 is 4.43 Å². The van der Waals surface area contributed by atoms with Crippen LogP contribution in [-0.2, 0) is 4.43 Å². The van der Waals surface area contributed by atoms with E-state index in [-0.39, 0.29) is 0 Å². The average Bonchev–Trinajstić information content (AvgIpc) is 1.80. The first-order valence-corrected chi connectivity index (χ1v) is 10.1. The lowest BCUT2D eigenvalue weighted by atomic mass is 10.8. The van der Waals surface area contributed by atoms with Gasteiger partial charge in [-0.25, -0.2) is 0 Å². The normalized spacial score (nSPS) is 15.3. The standard InChI is InChI=1S/C6H19NOSi2/c1-6-7-9(8-2)10(3,4)5/h7,9H,6H2,1-5H3. The van der Waals surface area contributed by atoms with Crippen LogP contribution >= 0.6 is 0 Å². The van der Waals surface area contributed by atoms with Crippen LogP contribution in [-0.4, -0.2) is 30.0 Å². The summed E-state index contributed by atoms with van der Waals surface area (Å²) in [6.45, 7) is 10.3. The van der Waals surface area contributed by atoms with Crippen molar-refractivity contribution in [3.8, 4) is 0 Å². The summed E-state index contributed by atoms with van der Waals surface area (Å²) < 4.78 is 5.44. The molecule has 0 aliphatic heterocycles. The van der Waals surface area contributed by atoms with Crippen molar-refractivity contribution in [3.63, 3.8) is 0 Å². The van der Waals surface area contributed by atoms with Gasteiger partial charge in [-0.15, -0.1) is 0 Å². The first kappa shape index (κ1) is 10.4. The molecule has 1 unspecified atom stereocenters. The minimum absolute atomic E-state index is 1.00. The van der Waals surface area contributed by atoms with Crippen LogP contribution in [0.1, 0.15) is 6.92 Å². The Morgan fingerprint density at radius 3 is 2.00 bits per heavy atom. The molecule has 0 spiro atoms. The molecular formula is C6H19NOSi2. The van der Waals surface area contributed by atoms with Gasteiger partial charge >= 0.3 is 0 Å². The van der Waals surface area contributed by atoms with E-state index >= 15 is 0 Å². The maximum absolute atomic E-state index is 5.44. The minimum atomic E-state index is -1.01. The van der Waals surface area contributed by atoms with E-state index < -0.39 is 16.3 Å². The van der Waals surface area contributed by atoms with E-state index in [2.05, 4.69) is 31.5 Å². The molecule has 0 radical (unpaired) electrons. The summed E-state index contributed by atoms with van der Waals surface area (Å²) in [6, 6.07) is 0. The van der Waals surface area contributed by atoms with Crippen molar-refractivity contribution in [1.82, 2.24) is 4.98 Å². The SMILES string of the molecule is CCN[SiH](OC)[Si](C)(C)C. The third-order valence-electron chi connectivity index (χ3n) is 1.41. The third-order valence-corrected chi connectivity index (χ3v) is 10.3. The lowest BCUT2D eigenvalue weighted by molar-refractivity contribution is 0.422. The molecule has 62 valence electrons. The van der Waals surface area contributed by atoms with E-state index in [0.29, 0.717) is 0 Å². The lowest BCUT2D eigenvalue weighted by Gasteiger charge is -2.25. The minimum Gasteiger partial charge on any atom is -0.412 e. The molecule has 0 heterocycles. The second kappa shape index (κ2) is 4.28. The number of hydrogen-bond donors (Lipinski definition) is 1. The maximum Gasteiger partial charge on any atom is 0.234 e. The molecule has 0 bridgehead atoms. The van der Waals surface area contributed by atoms with Crippen LogP contribution in [0.15, 0.2) is 0 Å². The molecule has 2 nitrogen and oxygen atoms in total. The summed E-state index contributed by atoms with van der Waals surface area (Å²) in [4.78, 5) is 3.45. The lowest BCUT2D eigenvalue weighted by Crippen LogP contribution is -2.55. The Hall–Kier alpha value is 0.354. The fourth-order valence-electron chi connectivity index (χ4n) is 0.928. The van der Waals surface area contributed by atoms with E-state index in [1.165, 1.54) is 0 Å². The van der Waals surface area contributed by atoms with Crippen molar-refractivity contribution in [2.24, 2.45) is 0 Å². The van der Waals surface area contributed by atoms with Gasteiger partial charge in [-0.3, -0.25) is 0 Å². The Balaban J connectivity index is 3.81. The Morgan fingerprint density at radius 2 is 1.90 bits per heavy atom. The summed E-state index contributed by atoms with van der Waals surface area (Å²) >= 11 is 0. The highest BCUT2D eigenvalue weighted by Gasteiger charge is 2.28. The summed E-state index contributed by atoms with van der Waals surface area (Å²) in [5.74, 6) is 0. The zero-order chi connectivity index (χ0) is 8.20. The van der Waals surface area contributed by atoms with Gasteiger partial charge in [0.15, 0.2) is 0 Å².